The summed E-state index contributed by atoms with van der Waals surface area (Å²) in [6.07, 6.45) is 4.29. The Bertz CT molecular complexity index is 1220. The number of pyridine rings is 1. The second-order valence-electron chi connectivity index (χ2n) is 9.49. The summed E-state index contributed by atoms with van der Waals surface area (Å²) in [5.41, 5.74) is 19.4. The molecule has 1 aromatic carbocycles. The minimum absolute atomic E-state index is 0.0447. The Hall–Kier alpha value is -2.89. The smallest absolute Gasteiger partial charge is 0.268 e. The number of nitrogens with two attached hydrogens (primary N) is 3. The largest absolute Gasteiger partial charge is 0.392 e. The van der Waals surface area contributed by atoms with E-state index in [-0.39, 0.29) is 22.3 Å². The van der Waals surface area contributed by atoms with E-state index in [4.69, 9.17) is 17.2 Å². The maximum absolute atomic E-state index is 14.9. The molecule has 11 heteroatoms. The van der Waals surface area contributed by atoms with E-state index in [1.807, 2.05) is 0 Å². The fourth-order valence-corrected chi connectivity index (χ4v) is 6.57. The normalized spacial score (nSPS) is 26.4. The number of amides is 1. The van der Waals surface area contributed by atoms with Crippen LogP contribution in [0.25, 0.3) is 0 Å². The minimum atomic E-state index is -1.11. The minimum Gasteiger partial charge on any atom is -0.392 e. The van der Waals surface area contributed by atoms with Crippen LogP contribution in [0.4, 0.5) is 20.2 Å². The molecule has 1 fully saturated rings. The molecule has 35 heavy (non-hydrogen) atoms. The highest BCUT2D eigenvalue weighted by Gasteiger charge is 2.44. The predicted octanol–water partition coefficient (Wildman–Crippen LogP) is 2.31. The van der Waals surface area contributed by atoms with Crippen LogP contribution in [0.5, 0.6) is 0 Å². The van der Waals surface area contributed by atoms with Gasteiger partial charge in [0.25, 0.3) is 5.91 Å². The fourth-order valence-electron chi connectivity index (χ4n) is 5.35. The van der Waals surface area contributed by atoms with Crippen molar-refractivity contribution in [3.05, 3.63) is 63.6 Å². The van der Waals surface area contributed by atoms with Crippen molar-refractivity contribution in [3.8, 4) is 0 Å². The van der Waals surface area contributed by atoms with Crippen LogP contribution in [0, 0.1) is 11.6 Å². The highest BCUT2D eigenvalue weighted by atomic mass is 32.2. The van der Waals surface area contributed by atoms with Gasteiger partial charge in [-0.2, -0.15) is 0 Å². The second-order valence-corrected chi connectivity index (χ2v) is 10.6. The molecule has 0 spiro atoms. The molecular weight excluding hydrogens is 474 g/mol. The van der Waals surface area contributed by atoms with Gasteiger partial charge in [-0.15, -0.1) is 0 Å². The highest BCUT2D eigenvalue weighted by molar-refractivity contribution is 8.03. The zero-order valence-corrected chi connectivity index (χ0v) is 20.1. The summed E-state index contributed by atoms with van der Waals surface area (Å²) in [7, 11) is 0. The van der Waals surface area contributed by atoms with E-state index in [0.717, 1.165) is 48.0 Å². The summed E-state index contributed by atoms with van der Waals surface area (Å²) in [6.45, 7) is 2.97. The van der Waals surface area contributed by atoms with Gasteiger partial charge >= 0.3 is 0 Å². The van der Waals surface area contributed by atoms with Crippen LogP contribution < -0.4 is 27.0 Å². The molecule has 1 unspecified atom stereocenters. The molecule has 8 nitrogen and oxygen atoms in total. The average Bonchev–Trinajstić information content (AvgIpc) is 3.29. The molecule has 2 aliphatic heterocycles. The van der Waals surface area contributed by atoms with Crippen LogP contribution >= 0.6 is 11.8 Å². The highest BCUT2D eigenvalue weighted by Crippen LogP contribution is 2.53. The third-order valence-corrected chi connectivity index (χ3v) is 8.08. The van der Waals surface area contributed by atoms with Crippen molar-refractivity contribution >= 4 is 29.0 Å². The first-order chi connectivity index (χ1) is 16.6. The van der Waals surface area contributed by atoms with E-state index in [0.29, 0.717) is 37.3 Å². The van der Waals surface area contributed by atoms with Crippen LogP contribution in [-0.2, 0) is 16.8 Å². The monoisotopic (exact) mass is 502 g/mol. The lowest BCUT2D eigenvalue weighted by Gasteiger charge is -2.38. The van der Waals surface area contributed by atoms with E-state index in [2.05, 4.69) is 9.88 Å². The topological polar surface area (TPSA) is 135 Å². The summed E-state index contributed by atoms with van der Waals surface area (Å²) < 4.78 is 29.9. The van der Waals surface area contributed by atoms with Crippen LogP contribution in [0.15, 0.2) is 35.1 Å². The molecule has 2 aromatic rings. The molecule has 0 radical (unpaired) electrons. The molecule has 3 aliphatic rings. The summed E-state index contributed by atoms with van der Waals surface area (Å²) in [5.74, 6) is -2.34. The Morgan fingerprint density at radius 3 is 2.69 bits per heavy atom. The number of carbonyl (C=O) groups excluding carboxylic acids is 1. The van der Waals surface area contributed by atoms with E-state index in [9.17, 15) is 18.7 Å². The third-order valence-electron chi connectivity index (χ3n) is 6.96. The molecule has 5 rings (SSSR count). The molecular formula is C24H28F2N6O2S. The van der Waals surface area contributed by atoms with E-state index >= 15 is 0 Å². The first-order valence-corrected chi connectivity index (χ1v) is 12.4. The van der Waals surface area contributed by atoms with Gasteiger partial charge in [0.2, 0.25) is 0 Å². The molecule has 186 valence electrons. The van der Waals surface area contributed by atoms with E-state index < -0.39 is 28.5 Å². The van der Waals surface area contributed by atoms with Gasteiger partial charge in [-0.1, -0.05) is 17.8 Å². The molecule has 3 heterocycles. The van der Waals surface area contributed by atoms with Crippen molar-refractivity contribution in [1.29, 1.82) is 0 Å². The van der Waals surface area contributed by atoms with E-state index in [1.165, 1.54) is 17.2 Å². The van der Waals surface area contributed by atoms with Crippen molar-refractivity contribution in [3.63, 3.8) is 0 Å². The lowest BCUT2D eigenvalue weighted by Crippen LogP contribution is -2.44. The van der Waals surface area contributed by atoms with Crippen LogP contribution in [0.1, 0.15) is 48.4 Å². The zero-order chi connectivity index (χ0) is 25.1. The zero-order valence-electron chi connectivity index (χ0n) is 19.3. The molecule has 1 amide bonds. The molecule has 0 bridgehead atoms. The number of carbonyl (C=O) groups is 1. The number of halogens is 2. The van der Waals surface area contributed by atoms with Crippen LogP contribution in [-0.4, -0.2) is 35.1 Å². The average molecular weight is 503 g/mol. The van der Waals surface area contributed by atoms with Gasteiger partial charge in [0.1, 0.15) is 28.3 Å². The number of anilines is 2. The van der Waals surface area contributed by atoms with Gasteiger partial charge in [0.05, 0.1) is 33.9 Å². The summed E-state index contributed by atoms with van der Waals surface area (Å²) in [5, 5.41) is 9.99. The van der Waals surface area contributed by atoms with Gasteiger partial charge in [0.15, 0.2) is 0 Å². The summed E-state index contributed by atoms with van der Waals surface area (Å²) in [4.78, 5) is 20.7. The number of nitrogens with zero attached hydrogens (tertiary/aromatic N) is 3. The lowest BCUT2D eigenvalue weighted by molar-refractivity contribution is -0.114. The summed E-state index contributed by atoms with van der Waals surface area (Å²) >= 11 is 0.957. The second kappa shape index (κ2) is 8.65. The summed E-state index contributed by atoms with van der Waals surface area (Å²) in [6, 6.07) is 3.55. The van der Waals surface area contributed by atoms with Gasteiger partial charge in [-0.3, -0.25) is 9.78 Å². The maximum Gasteiger partial charge on any atom is 0.268 e. The number of piperidine rings is 1. The third kappa shape index (κ3) is 3.91. The number of fused-ring (bicyclic) bond motifs is 1. The molecule has 0 saturated carbocycles. The Labute approximate surface area is 206 Å². The molecule has 1 aliphatic carbocycles. The van der Waals surface area contributed by atoms with Crippen molar-refractivity contribution < 1.29 is 18.7 Å². The SMILES string of the molecule is C[C@]1(O)CCc2c1ncc(N1C(C(N)=O)=C(N)SC1c1c(F)cccc1F)c2N1CCC[C@H](N)C1. The van der Waals surface area contributed by atoms with Gasteiger partial charge in [-0.05, 0) is 44.7 Å². The van der Waals surface area contributed by atoms with Gasteiger partial charge < -0.3 is 32.1 Å². The van der Waals surface area contributed by atoms with Crippen molar-refractivity contribution in [1.82, 2.24) is 4.98 Å². The van der Waals surface area contributed by atoms with Gasteiger partial charge in [0, 0.05) is 24.7 Å². The van der Waals surface area contributed by atoms with Crippen molar-refractivity contribution in [2.45, 2.75) is 49.6 Å². The van der Waals surface area contributed by atoms with Crippen LogP contribution in [0.2, 0.25) is 0 Å². The number of aromatic nitrogens is 1. The first-order valence-electron chi connectivity index (χ1n) is 11.5. The number of rotatable bonds is 4. The number of thioether (sulfide) groups is 1. The van der Waals surface area contributed by atoms with E-state index in [1.54, 1.807) is 6.92 Å². The molecule has 1 aromatic heterocycles. The molecule has 7 N–H and O–H groups in total. The Morgan fingerprint density at radius 1 is 1.31 bits per heavy atom. The van der Waals surface area contributed by atoms with Gasteiger partial charge in [-0.25, -0.2) is 8.78 Å². The number of benzene rings is 1. The predicted molar refractivity (Wildman–Crippen MR) is 131 cm³/mol. The quantitative estimate of drug-likeness (QED) is 0.500. The Morgan fingerprint density at radius 2 is 2.03 bits per heavy atom. The standard InChI is InChI=1S/C24H28F2N6O2S/c1-24(34)8-7-13-18(31-9-3-4-12(27)11-31)16(10-30-20(13)24)32-19(21(28)33)22(29)35-23(32)17-14(25)5-2-6-15(17)26/h2,5-6,10,12,23,34H,3-4,7-9,11,27,29H2,1H3,(H2,28,33)/t12-,23?,24-/m0/s1. The van der Waals surface area contributed by atoms with Crippen molar-refractivity contribution in [2.75, 3.05) is 22.9 Å². The maximum atomic E-state index is 14.9. The molecule has 1 saturated heterocycles. The van der Waals surface area contributed by atoms with Crippen LogP contribution in [0.3, 0.4) is 0 Å². The number of hydrogen-bond donors (Lipinski definition) is 4. The Kier molecular flexibility index (Phi) is 5.89. The van der Waals surface area contributed by atoms with Crippen molar-refractivity contribution in [2.24, 2.45) is 17.2 Å². The number of aliphatic hydroxyl groups is 1. The lowest BCUT2D eigenvalue weighted by atomic mass is 10.0. The first kappa shape index (κ1) is 23.8. The fraction of sp³-hybridized carbons (Fsp3) is 0.417. The number of primary amides is 1. The molecule has 3 atom stereocenters. The number of hydrogen-bond acceptors (Lipinski definition) is 8. The Balaban J connectivity index is 1.75.